The molecule has 2 fully saturated rings. The fourth-order valence-electron chi connectivity index (χ4n) is 5.00. The minimum atomic E-state index is -0.109. The summed E-state index contributed by atoms with van der Waals surface area (Å²) in [5.74, 6) is 0. The number of carbonyl (C=O) groups excluding carboxylic acids is 1. The van der Waals surface area contributed by atoms with Crippen molar-refractivity contribution in [2.45, 2.75) is 32.2 Å². The lowest BCUT2D eigenvalue weighted by molar-refractivity contribution is 0.0870. The Balaban J connectivity index is 1.60. The number of benzene rings is 1. The Bertz CT molecular complexity index is 1350. The Kier molecular flexibility index (Phi) is 6.73. The van der Waals surface area contributed by atoms with Gasteiger partial charge in [0, 0.05) is 86.2 Å². The van der Waals surface area contributed by atoms with E-state index in [2.05, 4.69) is 35.5 Å². The minimum absolute atomic E-state index is 0.109. The number of nitrogens with two attached hydrogens (primary N) is 1. The van der Waals surface area contributed by atoms with Crippen LogP contribution in [-0.4, -0.2) is 70.8 Å². The van der Waals surface area contributed by atoms with Crippen molar-refractivity contribution in [1.29, 1.82) is 0 Å². The summed E-state index contributed by atoms with van der Waals surface area (Å²) < 4.78 is 7.29. The predicted molar refractivity (Wildman–Crippen MR) is 142 cm³/mol. The lowest BCUT2D eigenvalue weighted by atomic mass is 9.92. The molecule has 0 spiro atoms. The molecule has 0 unspecified atom stereocenters. The largest absolute Gasteiger partial charge is 0.398 e. The van der Waals surface area contributed by atoms with Crippen LogP contribution >= 0.6 is 0 Å². The van der Waals surface area contributed by atoms with Crippen LogP contribution in [0.2, 0.25) is 0 Å². The second-order valence-corrected chi connectivity index (χ2v) is 9.49. The van der Waals surface area contributed by atoms with Crippen molar-refractivity contribution in [3.63, 3.8) is 0 Å². The second-order valence-electron chi connectivity index (χ2n) is 9.49. The van der Waals surface area contributed by atoms with Crippen molar-refractivity contribution < 1.29 is 9.53 Å². The van der Waals surface area contributed by atoms with Crippen LogP contribution in [0.1, 0.15) is 30.4 Å². The summed E-state index contributed by atoms with van der Waals surface area (Å²) in [6.45, 7) is 4.59. The van der Waals surface area contributed by atoms with Crippen molar-refractivity contribution >= 4 is 28.2 Å². The van der Waals surface area contributed by atoms with E-state index < -0.39 is 0 Å². The third kappa shape index (κ3) is 4.70. The molecule has 0 atom stereocenters. The molecule has 1 aromatic carbocycles. The molecule has 2 aliphatic heterocycles. The van der Waals surface area contributed by atoms with E-state index in [4.69, 9.17) is 20.4 Å². The summed E-state index contributed by atoms with van der Waals surface area (Å²) in [4.78, 5) is 24.1. The highest BCUT2D eigenvalue weighted by atomic mass is 16.5. The predicted octanol–water partition coefficient (Wildman–Crippen LogP) is 3.28. The van der Waals surface area contributed by atoms with E-state index in [0.29, 0.717) is 25.2 Å². The topological polar surface area (TPSA) is 111 Å². The molecule has 0 saturated carbocycles. The van der Waals surface area contributed by atoms with Crippen LogP contribution in [0.15, 0.2) is 47.4 Å². The number of rotatable bonds is 3. The molecule has 0 aliphatic carbocycles. The third-order valence-electron chi connectivity index (χ3n) is 7.08. The van der Waals surface area contributed by atoms with E-state index in [-0.39, 0.29) is 12.1 Å². The fourth-order valence-corrected chi connectivity index (χ4v) is 5.00. The number of aryl methyl sites for hydroxylation is 2. The molecule has 0 bridgehead atoms. The minimum Gasteiger partial charge on any atom is -0.398 e. The van der Waals surface area contributed by atoms with Gasteiger partial charge in [0.15, 0.2) is 0 Å². The summed E-state index contributed by atoms with van der Waals surface area (Å²) in [7, 11) is 3.55. The van der Waals surface area contributed by atoms with E-state index >= 15 is 0 Å². The van der Waals surface area contributed by atoms with Crippen LogP contribution < -0.4 is 11.1 Å². The highest BCUT2D eigenvalue weighted by Crippen LogP contribution is 2.31. The number of piperidine rings is 1. The van der Waals surface area contributed by atoms with Gasteiger partial charge in [-0.25, -0.2) is 4.79 Å². The molecule has 9 nitrogen and oxygen atoms in total. The summed E-state index contributed by atoms with van der Waals surface area (Å²) in [6, 6.07) is 6.35. The maximum Gasteiger partial charge on any atom is 0.317 e. The van der Waals surface area contributed by atoms with Gasteiger partial charge in [-0.05, 0) is 36.8 Å². The summed E-state index contributed by atoms with van der Waals surface area (Å²) >= 11 is 0. The zero-order valence-electron chi connectivity index (χ0n) is 21.1. The van der Waals surface area contributed by atoms with Crippen LogP contribution in [0.4, 0.5) is 4.79 Å². The first-order valence-corrected chi connectivity index (χ1v) is 12.4. The summed E-state index contributed by atoms with van der Waals surface area (Å²) in [5.41, 5.74) is 13.4. The third-order valence-corrected chi connectivity index (χ3v) is 7.08. The normalized spacial score (nSPS) is 19.6. The number of aromatic nitrogens is 3. The lowest BCUT2D eigenvalue weighted by Crippen LogP contribution is -2.45. The number of urea groups is 1. The Hall–Kier alpha value is -3.72. The lowest BCUT2D eigenvalue weighted by Gasteiger charge is -2.32. The van der Waals surface area contributed by atoms with Crippen LogP contribution in [0.3, 0.4) is 0 Å². The maximum absolute atomic E-state index is 12.5. The van der Waals surface area contributed by atoms with Crippen LogP contribution in [0, 0.1) is 6.92 Å². The quantitative estimate of drug-likeness (QED) is 0.589. The van der Waals surface area contributed by atoms with Gasteiger partial charge in [0.1, 0.15) is 0 Å². The Morgan fingerprint density at radius 1 is 1.22 bits per heavy atom. The van der Waals surface area contributed by atoms with Gasteiger partial charge in [0.05, 0.1) is 24.5 Å². The van der Waals surface area contributed by atoms with Crippen molar-refractivity contribution in [2.24, 2.45) is 17.8 Å². The first-order chi connectivity index (χ1) is 17.4. The van der Waals surface area contributed by atoms with Crippen molar-refractivity contribution in [3.8, 4) is 11.3 Å². The molecule has 3 aromatic rings. The van der Waals surface area contributed by atoms with Crippen molar-refractivity contribution in [1.82, 2.24) is 25.0 Å². The number of hydrogen-bond acceptors (Lipinski definition) is 6. The van der Waals surface area contributed by atoms with Gasteiger partial charge in [-0.2, -0.15) is 5.10 Å². The van der Waals surface area contributed by atoms with Crippen LogP contribution in [-0.2, 0) is 11.8 Å². The van der Waals surface area contributed by atoms with E-state index in [1.54, 1.807) is 16.6 Å². The average Bonchev–Trinajstić information content (AvgIpc) is 3.35. The van der Waals surface area contributed by atoms with Gasteiger partial charge in [0.25, 0.3) is 0 Å². The molecule has 2 amide bonds. The number of amides is 2. The molecule has 2 aromatic heterocycles. The van der Waals surface area contributed by atoms with Gasteiger partial charge in [-0.1, -0.05) is 12.1 Å². The second kappa shape index (κ2) is 10.1. The summed E-state index contributed by atoms with van der Waals surface area (Å²) in [6.07, 6.45) is 8.15. The molecular formula is C27H33N7O2. The van der Waals surface area contributed by atoms with E-state index in [0.717, 1.165) is 70.5 Å². The number of likely N-dealkylation sites (tertiary alicyclic amines) is 1. The Morgan fingerprint density at radius 2 is 2.03 bits per heavy atom. The molecule has 9 heteroatoms. The smallest absolute Gasteiger partial charge is 0.317 e. The highest BCUT2D eigenvalue weighted by molar-refractivity contribution is 6.10. The SMILES string of the molecule is CNC(=O)N1CCC(=NC2CCOCC2)C(=C(N)c2ccc(C)c3cc(-c4cnn(C)c4)ncc23)C1. The number of nitrogens with one attached hydrogen (secondary N) is 1. The number of nitrogens with zero attached hydrogens (tertiary/aromatic N) is 5. The van der Waals surface area contributed by atoms with E-state index in [1.807, 2.05) is 25.6 Å². The Labute approximate surface area is 211 Å². The molecule has 2 saturated heterocycles. The van der Waals surface area contributed by atoms with Crippen LogP contribution in [0.5, 0.6) is 0 Å². The van der Waals surface area contributed by atoms with Gasteiger partial charge in [-0.3, -0.25) is 14.7 Å². The van der Waals surface area contributed by atoms with Crippen LogP contribution in [0.25, 0.3) is 27.7 Å². The maximum atomic E-state index is 12.5. The van der Waals surface area contributed by atoms with Gasteiger partial charge < -0.3 is 20.7 Å². The van der Waals surface area contributed by atoms with Crippen molar-refractivity contribution in [3.05, 3.63) is 53.5 Å². The first kappa shape index (κ1) is 24.0. The molecule has 188 valence electrons. The number of hydrogen-bond donors (Lipinski definition) is 2. The first-order valence-electron chi connectivity index (χ1n) is 12.4. The number of aliphatic imine (C=N–C) groups is 1. The molecule has 5 rings (SSSR count). The molecular weight excluding hydrogens is 454 g/mol. The molecule has 36 heavy (non-hydrogen) atoms. The summed E-state index contributed by atoms with van der Waals surface area (Å²) in [5, 5.41) is 9.09. The number of fused-ring (bicyclic) bond motifs is 1. The van der Waals surface area contributed by atoms with Gasteiger partial charge >= 0.3 is 6.03 Å². The van der Waals surface area contributed by atoms with E-state index in [1.165, 1.54) is 0 Å². The zero-order chi connectivity index (χ0) is 25.2. The Morgan fingerprint density at radius 3 is 2.75 bits per heavy atom. The molecule has 2 aliphatic rings. The average molecular weight is 488 g/mol. The zero-order valence-corrected chi connectivity index (χ0v) is 21.1. The number of pyridine rings is 1. The van der Waals surface area contributed by atoms with Gasteiger partial charge in [0.2, 0.25) is 0 Å². The highest BCUT2D eigenvalue weighted by Gasteiger charge is 2.27. The standard InChI is InChI=1S/C27H33N7O2/c1-17-4-5-20(22-14-30-25(12-21(17)22)18-13-31-33(3)15-18)26(28)23-16-34(27(35)29-2)9-6-24(23)32-19-7-10-36-11-8-19/h4-5,12-15,19H,6-11,16,28H2,1-3H3,(H,29,35). The molecule has 0 radical (unpaired) electrons. The monoisotopic (exact) mass is 487 g/mol. The number of ether oxygens (including phenoxy) is 1. The van der Waals surface area contributed by atoms with Gasteiger partial charge in [-0.15, -0.1) is 0 Å². The molecule has 4 heterocycles. The fraction of sp³-hybridized carbons (Fsp3) is 0.407. The van der Waals surface area contributed by atoms with Crippen molar-refractivity contribution in [2.75, 3.05) is 33.4 Å². The van der Waals surface area contributed by atoms with E-state index in [9.17, 15) is 4.79 Å². The molecule has 3 N–H and O–H groups in total. The number of carbonyl (C=O) groups is 1.